The van der Waals surface area contributed by atoms with Crippen LogP contribution in [0.5, 0.6) is 0 Å². The summed E-state index contributed by atoms with van der Waals surface area (Å²) in [5, 5.41) is 9.81. The molecule has 0 aliphatic carbocycles. The lowest BCUT2D eigenvalue weighted by molar-refractivity contribution is 0.163. The minimum Gasteiger partial charge on any atom is -0.395 e. The minimum absolute atomic E-state index is 0.287. The van der Waals surface area contributed by atoms with Crippen LogP contribution in [0.3, 0.4) is 0 Å². The van der Waals surface area contributed by atoms with Crippen LogP contribution in [0.15, 0.2) is 48.6 Å². The summed E-state index contributed by atoms with van der Waals surface area (Å²) in [6.07, 6.45) is 64.5. The Morgan fingerprint density at radius 2 is 0.527 bits per heavy atom. The fourth-order valence-electron chi connectivity index (χ4n) is 7.57. The fourth-order valence-corrected chi connectivity index (χ4v) is 7.57. The number of allylic oxidation sites excluding steroid dienone is 8. The zero-order valence-corrected chi connectivity index (χ0v) is 38.0. The van der Waals surface area contributed by atoms with Crippen molar-refractivity contribution in [1.29, 1.82) is 0 Å². The molecule has 1 N–H and O–H groups in total. The molecule has 0 atom stereocenters. The van der Waals surface area contributed by atoms with E-state index in [1.165, 1.54) is 219 Å². The molecular formula is C52H100N2O. The number of aliphatic hydroxyl groups is 1. The van der Waals surface area contributed by atoms with Crippen molar-refractivity contribution in [3.63, 3.8) is 0 Å². The average Bonchev–Trinajstić information content (AvgIpc) is 3.19. The third-order valence-corrected chi connectivity index (χ3v) is 11.3. The van der Waals surface area contributed by atoms with Gasteiger partial charge >= 0.3 is 0 Å². The second-order valence-electron chi connectivity index (χ2n) is 16.8. The summed E-state index contributed by atoms with van der Waals surface area (Å²) in [5.74, 6) is 0. The first-order valence-electron chi connectivity index (χ1n) is 24.9. The molecule has 0 saturated carbocycles. The third-order valence-electron chi connectivity index (χ3n) is 11.3. The Morgan fingerprint density at radius 3 is 0.855 bits per heavy atom. The molecule has 0 radical (unpaired) electrons. The Kier molecular flexibility index (Phi) is 48.0. The van der Waals surface area contributed by atoms with Crippen molar-refractivity contribution in [2.75, 3.05) is 45.9 Å². The van der Waals surface area contributed by atoms with Gasteiger partial charge in [0, 0.05) is 19.6 Å². The topological polar surface area (TPSA) is 26.7 Å². The number of hydrogen-bond acceptors (Lipinski definition) is 3. The van der Waals surface area contributed by atoms with E-state index in [0.29, 0.717) is 0 Å². The van der Waals surface area contributed by atoms with E-state index in [9.17, 15) is 5.11 Å². The van der Waals surface area contributed by atoms with Gasteiger partial charge in [-0.15, -0.1) is 0 Å². The Bertz CT molecular complexity index is 768. The van der Waals surface area contributed by atoms with Crippen molar-refractivity contribution in [3.05, 3.63) is 48.6 Å². The third kappa shape index (κ3) is 45.4. The van der Waals surface area contributed by atoms with Crippen molar-refractivity contribution >= 4 is 0 Å². The molecule has 0 aromatic heterocycles. The summed E-state index contributed by atoms with van der Waals surface area (Å²) in [5.41, 5.74) is 0. The zero-order valence-electron chi connectivity index (χ0n) is 38.0. The standard InChI is InChI=1S/C52H100N2O/c1-4-7-10-13-16-19-22-24-26-28-30-32-35-37-40-43-46-53(47-44-41-38-36-33-31-29-27-25-23-20-17-14-11-8-5-2)49-50-54(51-52-55)48-45-42-39-34-21-18-15-12-9-6-3/h16-17,19-20,24-27,55H,4-15,18,21-23,28-52H2,1-3H3/b19-16-,20-17-,26-24-,27-25-. The SMILES string of the molecule is CCCCC/C=C\C/C=C\CCCCCCCCN(CCCCCCCC/C=C\C/C=C\CCCCC)CCN(CCO)CCCCCCCCCCCC. The van der Waals surface area contributed by atoms with Gasteiger partial charge in [0.15, 0.2) is 0 Å². The molecule has 324 valence electrons. The summed E-state index contributed by atoms with van der Waals surface area (Å²) in [6, 6.07) is 0. The van der Waals surface area contributed by atoms with Gasteiger partial charge in [0.25, 0.3) is 0 Å². The van der Waals surface area contributed by atoms with Gasteiger partial charge in [-0.3, -0.25) is 4.90 Å². The van der Waals surface area contributed by atoms with Crippen LogP contribution >= 0.6 is 0 Å². The zero-order chi connectivity index (χ0) is 39.8. The van der Waals surface area contributed by atoms with Gasteiger partial charge in [0.05, 0.1) is 6.61 Å². The van der Waals surface area contributed by atoms with Crippen LogP contribution < -0.4 is 0 Å². The summed E-state index contributed by atoms with van der Waals surface area (Å²) < 4.78 is 0. The van der Waals surface area contributed by atoms with Crippen LogP contribution in [0.2, 0.25) is 0 Å². The van der Waals surface area contributed by atoms with E-state index < -0.39 is 0 Å². The highest BCUT2D eigenvalue weighted by Crippen LogP contribution is 2.13. The molecule has 0 spiro atoms. The van der Waals surface area contributed by atoms with Crippen molar-refractivity contribution in [3.8, 4) is 0 Å². The minimum atomic E-state index is 0.287. The number of hydrogen-bond donors (Lipinski definition) is 1. The number of unbranched alkanes of at least 4 members (excludes halogenated alkanes) is 27. The van der Waals surface area contributed by atoms with Gasteiger partial charge < -0.3 is 10.0 Å². The second kappa shape index (κ2) is 49.0. The highest BCUT2D eigenvalue weighted by atomic mass is 16.3. The molecule has 0 heterocycles. The summed E-state index contributed by atoms with van der Waals surface area (Å²) in [7, 11) is 0. The molecule has 0 aromatic rings. The van der Waals surface area contributed by atoms with Gasteiger partial charge in [0.2, 0.25) is 0 Å². The first kappa shape index (κ1) is 53.8. The normalized spacial score (nSPS) is 12.5. The number of rotatable bonds is 46. The molecule has 0 unspecified atom stereocenters. The van der Waals surface area contributed by atoms with Gasteiger partial charge in [-0.1, -0.05) is 204 Å². The highest BCUT2D eigenvalue weighted by molar-refractivity contribution is 4.93. The maximum Gasteiger partial charge on any atom is 0.0558 e. The quantitative estimate of drug-likeness (QED) is 0.0493. The Labute approximate surface area is 347 Å². The van der Waals surface area contributed by atoms with E-state index in [2.05, 4.69) is 79.2 Å². The highest BCUT2D eigenvalue weighted by Gasteiger charge is 2.10. The Balaban J connectivity index is 4.37. The van der Waals surface area contributed by atoms with Crippen molar-refractivity contribution in [2.24, 2.45) is 0 Å². The van der Waals surface area contributed by atoms with Crippen LogP contribution in [-0.4, -0.2) is 60.8 Å². The molecular weight excluding hydrogens is 669 g/mol. The molecule has 0 aliphatic heterocycles. The van der Waals surface area contributed by atoms with Crippen molar-refractivity contribution in [2.45, 2.75) is 239 Å². The largest absolute Gasteiger partial charge is 0.395 e. The van der Waals surface area contributed by atoms with Gasteiger partial charge in [0.1, 0.15) is 0 Å². The summed E-state index contributed by atoms with van der Waals surface area (Å²) in [4.78, 5) is 5.32. The van der Waals surface area contributed by atoms with Crippen molar-refractivity contribution in [1.82, 2.24) is 9.80 Å². The molecule has 0 amide bonds. The van der Waals surface area contributed by atoms with E-state index in [0.717, 1.165) is 39.0 Å². The molecule has 0 fully saturated rings. The lowest BCUT2D eigenvalue weighted by atomic mass is 10.1. The lowest BCUT2D eigenvalue weighted by Gasteiger charge is -2.27. The Morgan fingerprint density at radius 1 is 0.273 bits per heavy atom. The van der Waals surface area contributed by atoms with Gasteiger partial charge in [-0.05, 0) is 103 Å². The fraction of sp³-hybridized carbons (Fsp3) is 0.846. The molecule has 3 nitrogen and oxygen atoms in total. The van der Waals surface area contributed by atoms with Crippen LogP contribution in [0, 0.1) is 0 Å². The summed E-state index contributed by atoms with van der Waals surface area (Å²) in [6.45, 7) is 13.9. The smallest absolute Gasteiger partial charge is 0.0558 e. The lowest BCUT2D eigenvalue weighted by Crippen LogP contribution is -2.38. The molecule has 3 heteroatoms. The number of nitrogens with zero attached hydrogens (tertiary/aromatic N) is 2. The molecule has 55 heavy (non-hydrogen) atoms. The van der Waals surface area contributed by atoms with Crippen LogP contribution in [0.1, 0.15) is 239 Å². The average molecular weight is 769 g/mol. The Hall–Kier alpha value is -1.16. The second-order valence-corrected chi connectivity index (χ2v) is 16.8. The first-order valence-corrected chi connectivity index (χ1v) is 24.9. The molecule has 0 aromatic carbocycles. The van der Waals surface area contributed by atoms with E-state index in [1.54, 1.807) is 0 Å². The van der Waals surface area contributed by atoms with Crippen molar-refractivity contribution < 1.29 is 5.11 Å². The van der Waals surface area contributed by atoms with E-state index >= 15 is 0 Å². The molecule has 0 bridgehead atoms. The van der Waals surface area contributed by atoms with Crippen LogP contribution in [0.25, 0.3) is 0 Å². The monoisotopic (exact) mass is 769 g/mol. The predicted octanol–water partition coefficient (Wildman–Crippen LogP) is 16.1. The van der Waals surface area contributed by atoms with E-state index in [4.69, 9.17) is 0 Å². The molecule has 0 saturated heterocycles. The van der Waals surface area contributed by atoms with Crippen LogP contribution in [-0.2, 0) is 0 Å². The summed E-state index contributed by atoms with van der Waals surface area (Å²) >= 11 is 0. The molecule has 0 rings (SSSR count). The first-order chi connectivity index (χ1) is 27.3. The van der Waals surface area contributed by atoms with E-state index in [1.807, 2.05) is 0 Å². The van der Waals surface area contributed by atoms with Crippen LogP contribution in [0.4, 0.5) is 0 Å². The predicted molar refractivity (Wildman–Crippen MR) is 251 cm³/mol. The maximum absolute atomic E-state index is 9.81. The van der Waals surface area contributed by atoms with Gasteiger partial charge in [-0.25, -0.2) is 0 Å². The number of aliphatic hydroxyl groups excluding tert-OH is 1. The molecule has 0 aliphatic rings. The maximum atomic E-state index is 9.81. The van der Waals surface area contributed by atoms with E-state index in [-0.39, 0.29) is 6.61 Å². The van der Waals surface area contributed by atoms with Gasteiger partial charge in [-0.2, -0.15) is 0 Å².